The number of benzene rings is 1. The molecule has 114 valence electrons. The van der Waals surface area contributed by atoms with Gasteiger partial charge in [0.05, 0.1) is 6.04 Å². The lowest BCUT2D eigenvalue weighted by molar-refractivity contribution is -0.131. The summed E-state index contributed by atoms with van der Waals surface area (Å²) in [6.07, 6.45) is 1.66. The standard InChI is InChI=1S/C15H25N3O.ClH/c1-5-7-14(16)15(19)18(4)11-12-8-6-9-13(10-12)17(2)3;/h6,8-10,14H,5,7,11,16H2,1-4H3;1H. The van der Waals surface area contributed by atoms with Crippen molar-refractivity contribution in [1.29, 1.82) is 0 Å². The maximum Gasteiger partial charge on any atom is 0.239 e. The molecule has 1 aromatic carbocycles. The zero-order chi connectivity index (χ0) is 14.4. The molecule has 0 saturated heterocycles. The molecule has 1 amide bonds. The van der Waals surface area contributed by atoms with Crippen LogP contribution in [-0.4, -0.2) is 38.0 Å². The van der Waals surface area contributed by atoms with Crippen molar-refractivity contribution in [2.24, 2.45) is 5.73 Å². The number of carbonyl (C=O) groups excluding carboxylic acids is 1. The van der Waals surface area contributed by atoms with Gasteiger partial charge in [-0.3, -0.25) is 4.79 Å². The number of anilines is 1. The van der Waals surface area contributed by atoms with Crippen molar-refractivity contribution in [2.75, 3.05) is 26.0 Å². The summed E-state index contributed by atoms with van der Waals surface area (Å²) in [7, 11) is 5.82. The highest BCUT2D eigenvalue weighted by Crippen LogP contribution is 2.15. The summed E-state index contributed by atoms with van der Waals surface area (Å²) in [5.41, 5.74) is 8.11. The molecule has 0 aromatic heterocycles. The van der Waals surface area contributed by atoms with Gasteiger partial charge in [-0.25, -0.2) is 0 Å². The quantitative estimate of drug-likeness (QED) is 0.876. The van der Waals surface area contributed by atoms with Gasteiger partial charge < -0.3 is 15.5 Å². The normalized spacial score (nSPS) is 11.4. The molecule has 0 heterocycles. The lowest BCUT2D eigenvalue weighted by Gasteiger charge is -2.22. The number of nitrogens with two attached hydrogens (primary N) is 1. The van der Waals surface area contributed by atoms with Gasteiger partial charge in [-0.05, 0) is 24.1 Å². The fraction of sp³-hybridized carbons (Fsp3) is 0.533. The van der Waals surface area contributed by atoms with Crippen molar-refractivity contribution < 1.29 is 4.79 Å². The lowest BCUT2D eigenvalue weighted by atomic mass is 10.1. The van der Waals surface area contributed by atoms with E-state index >= 15 is 0 Å². The Kier molecular flexibility index (Phi) is 8.26. The predicted molar refractivity (Wildman–Crippen MR) is 87.4 cm³/mol. The van der Waals surface area contributed by atoms with E-state index in [4.69, 9.17) is 5.73 Å². The van der Waals surface area contributed by atoms with Crippen LogP contribution >= 0.6 is 12.4 Å². The smallest absolute Gasteiger partial charge is 0.239 e. The Morgan fingerprint density at radius 1 is 1.30 bits per heavy atom. The van der Waals surface area contributed by atoms with Gasteiger partial charge >= 0.3 is 0 Å². The molecule has 5 heteroatoms. The van der Waals surface area contributed by atoms with E-state index in [9.17, 15) is 4.79 Å². The van der Waals surface area contributed by atoms with Crippen LogP contribution in [0.4, 0.5) is 5.69 Å². The van der Waals surface area contributed by atoms with E-state index in [-0.39, 0.29) is 24.4 Å². The molecule has 1 rings (SSSR count). The third kappa shape index (κ3) is 5.39. The molecule has 0 fully saturated rings. The Bertz CT molecular complexity index is 423. The number of hydrogen-bond acceptors (Lipinski definition) is 3. The summed E-state index contributed by atoms with van der Waals surface area (Å²) in [6.45, 7) is 2.63. The summed E-state index contributed by atoms with van der Waals surface area (Å²) in [6, 6.07) is 7.80. The average Bonchev–Trinajstić information content (AvgIpc) is 2.38. The Hall–Kier alpha value is -1.26. The second kappa shape index (κ2) is 8.82. The Balaban J connectivity index is 0.00000361. The van der Waals surface area contributed by atoms with Gasteiger partial charge in [-0.15, -0.1) is 12.4 Å². The van der Waals surface area contributed by atoms with E-state index in [1.165, 1.54) is 0 Å². The monoisotopic (exact) mass is 299 g/mol. The number of carbonyl (C=O) groups is 1. The molecular weight excluding hydrogens is 274 g/mol. The summed E-state index contributed by atoms with van der Waals surface area (Å²) < 4.78 is 0. The molecule has 0 spiro atoms. The van der Waals surface area contributed by atoms with Crippen LogP contribution < -0.4 is 10.6 Å². The highest BCUT2D eigenvalue weighted by molar-refractivity contribution is 5.85. The predicted octanol–water partition coefficient (Wildman–Crippen LogP) is 2.26. The first-order chi connectivity index (χ1) is 8.95. The molecule has 1 unspecified atom stereocenters. The van der Waals surface area contributed by atoms with Gasteiger partial charge in [-0.1, -0.05) is 25.5 Å². The number of nitrogens with zero attached hydrogens (tertiary/aromatic N) is 2. The van der Waals surface area contributed by atoms with Crippen LogP contribution in [-0.2, 0) is 11.3 Å². The van der Waals surface area contributed by atoms with Crippen molar-refractivity contribution in [2.45, 2.75) is 32.4 Å². The van der Waals surface area contributed by atoms with E-state index in [0.717, 1.165) is 24.1 Å². The van der Waals surface area contributed by atoms with Crippen molar-refractivity contribution in [3.05, 3.63) is 29.8 Å². The third-order valence-electron chi connectivity index (χ3n) is 3.14. The van der Waals surface area contributed by atoms with Crippen molar-refractivity contribution >= 4 is 24.0 Å². The SMILES string of the molecule is CCCC(N)C(=O)N(C)Cc1cccc(N(C)C)c1.Cl. The van der Waals surface area contributed by atoms with Crippen LogP contribution in [0.2, 0.25) is 0 Å². The highest BCUT2D eigenvalue weighted by atomic mass is 35.5. The lowest BCUT2D eigenvalue weighted by Crippen LogP contribution is -2.41. The molecule has 0 saturated carbocycles. The van der Waals surface area contributed by atoms with Crippen molar-refractivity contribution in [3.63, 3.8) is 0 Å². The minimum atomic E-state index is -0.382. The van der Waals surface area contributed by atoms with Crippen molar-refractivity contribution in [3.8, 4) is 0 Å². The third-order valence-corrected chi connectivity index (χ3v) is 3.14. The summed E-state index contributed by atoms with van der Waals surface area (Å²) >= 11 is 0. The second-order valence-corrected chi connectivity index (χ2v) is 5.15. The van der Waals surface area contributed by atoms with Gasteiger partial charge in [0.1, 0.15) is 0 Å². The number of rotatable bonds is 6. The van der Waals surface area contributed by atoms with Crippen LogP contribution in [0.5, 0.6) is 0 Å². The van der Waals surface area contributed by atoms with Gasteiger partial charge in [-0.2, -0.15) is 0 Å². The van der Waals surface area contributed by atoms with E-state index in [0.29, 0.717) is 6.54 Å². The van der Waals surface area contributed by atoms with Crippen molar-refractivity contribution in [1.82, 2.24) is 4.90 Å². The molecule has 2 N–H and O–H groups in total. The molecular formula is C15H26ClN3O. The maximum absolute atomic E-state index is 12.0. The summed E-state index contributed by atoms with van der Waals surface area (Å²) in [5.74, 6) is 0.0112. The Morgan fingerprint density at radius 3 is 2.50 bits per heavy atom. The van der Waals surface area contributed by atoms with Crippen LogP contribution in [0, 0.1) is 0 Å². The summed E-state index contributed by atoms with van der Waals surface area (Å²) in [4.78, 5) is 15.8. The van der Waals surface area contributed by atoms with Crippen LogP contribution in [0.15, 0.2) is 24.3 Å². The fourth-order valence-corrected chi connectivity index (χ4v) is 2.00. The van der Waals surface area contributed by atoms with Gasteiger partial charge in [0.25, 0.3) is 0 Å². The molecule has 1 atom stereocenters. The molecule has 1 aromatic rings. The molecule has 4 nitrogen and oxygen atoms in total. The number of likely N-dealkylation sites (N-methyl/N-ethyl adjacent to an activating group) is 1. The van der Waals surface area contributed by atoms with E-state index in [1.54, 1.807) is 11.9 Å². The number of hydrogen-bond donors (Lipinski definition) is 1. The van der Waals surface area contributed by atoms with Gasteiger partial charge in [0, 0.05) is 33.4 Å². The highest BCUT2D eigenvalue weighted by Gasteiger charge is 2.17. The first-order valence-corrected chi connectivity index (χ1v) is 6.72. The Labute approximate surface area is 128 Å². The molecule has 0 radical (unpaired) electrons. The molecule has 20 heavy (non-hydrogen) atoms. The number of amides is 1. The average molecular weight is 300 g/mol. The minimum absolute atomic E-state index is 0. The Morgan fingerprint density at radius 2 is 1.95 bits per heavy atom. The first kappa shape index (κ1) is 18.7. The topological polar surface area (TPSA) is 49.6 Å². The van der Waals surface area contributed by atoms with E-state index < -0.39 is 0 Å². The second-order valence-electron chi connectivity index (χ2n) is 5.15. The molecule has 0 aliphatic heterocycles. The van der Waals surface area contributed by atoms with E-state index in [1.807, 2.05) is 44.1 Å². The van der Waals surface area contributed by atoms with Crippen LogP contribution in [0.25, 0.3) is 0 Å². The molecule has 0 bridgehead atoms. The zero-order valence-corrected chi connectivity index (χ0v) is 13.6. The minimum Gasteiger partial charge on any atom is -0.378 e. The molecule has 0 aliphatic carbocycles. The largest absolute Gasteiger partial charge is 0.378 e. The van der Waals surface area contributed by atoms with E-state index in [2.05, 4.69) is 6.07 Å². The number of halogens is 1. The van der Waals surface area contributed by atoms with Crippen LogP contribution in [0.1, 0.15) is 25.3 Å². The fourth-order valence-electron chi connectivity index (χ4n) is 2.00. The zero-order valence-electron chi connectivity index (χ0n) is 12.8. The maximum atomic E-state index is 12.0. The van der Waals surface area contributed by atoms with Crippen LogP contribution in [0.3, 0.4) is 0 Å². The summed E-state index contributed by atoms with van der Waals surface area (Å²) in [5, 5.41) is 0. The van der Waals surface area contributed by atoms with Gasteiger partial charge in [0.15, 0.2) is 0 Å². The van der Waals surface area contributed by atoms with Gasteiger partial charge in [0.2, 0.25) is 5.91 Å². The first-order valence-electron chi connectivity index (χ1n) is 6.72. The molecule has 0 aliphatic rings.